The minimum absolute atomic E-state index is 0.0940. The zero-order valence-corrected chi connectivity index (χ0v) is 24.6. The summed E-state index contributed by atoms with van der Waals surface area (Å²) in [4.78, 5) is 0. The number of halogens is 8. The van der Waals surface area contributed by atoms with Crippen LogP contribution in [0.3, 0.4) is 0 Å². The molecule has 0 heterocycles. The summed E-state index contributed by atoms with van der Waals surface area (Å²) in [5, 5.41) is 0. The molecule has 0 unspecified atom stereocenters. The van der Waals surface area contributed by atoms with Crippen LogP contribution >= 0.6 is 0 Å². The molecular formula is C37H28F8O. The first kappa shape index (κ1) is 32.7. The molecule has 0 aromatic heterocycles. The Hall–Kier alpha value is -4.66. The van der Waals surface area contributed by atoms with E-state index in [1.54, 1.807) is 6.07 Å². The second-order valence-corrected chi connectivity index (χ2v) is 10.8. The third-order valence-corrected chi connectivity index (χ3v) is 7.63. The van der Waals surface area contributed by atoms with E-state index >= 15 is 8.78 Å². The van der Waals surface area contributed by atoms with Crippen LogP contribution in [0.1, 0.15) is 49.3 Å². The van der Waals surface area contributed by atoms with E-state index in [0.717, 1.165) is 61.6 Å². The molecule has 0 aliphatic heterocycles. The van der Waals surface area contributed by atoms with Crippen molar-refractivity contribution >= 4 is 0 Å². The maximum atomic E-state index is 15.2. The fourth-order valence-corrected chi connectivity index (χ4v) is 5.18. The normalized spacial score (nSPS) is 11.7. The third-order valence-electron chi connectivity index (χ3n) is 7.63. The summed E-state index contributed by atoms with van der Waals surface area (Å²) in [6.07, 6.45) is -3.03. The highest BCUT2D eigenvalue weighted by molar-refractivity contribution is 5.74. The van der Waals surface area contributed by atoms with Gasteiger partial charge in [-0.15, -0.1) is 0 Å². The van der Waals surface area contributed by atoms with Crippen LogP contribution in [0.4, 0.5) is 35.1 Å². The quantitative estimate of drug-likeness (QED) is 0.103. The van der Waals surface area contributed by atoms with E-state index in [-0.39, 0.29) is 22.3 Å². The highest BCUT2D eigenvalue weighted by Crippen LogP contribution is 2.38. The van der Waals surface area contributed by atoms with E-state index in [4.69, 9.17) is 0 Å². The van der Waals surface area contributed by atoms with Crippen LogP contribution in [0.2, 0.25) is 0 Å². The number of hydrogen-bond donors (Lipinski definition) is 0. The molecule has 5 aromatic carbocycles. The highest BCUT2D eigenvalue weighted by Gasteiger charge is 2.41. The Bertz CT molecular complexity index is 1790. The Morgan fingerprint density at radius 1 is 0.587 bits per heavy atom. The molecular weight excluding hydrogens is 612 g/mol. The van der Waals surface area contributed by atoms with Gasteiger partial charge in [-0.2, -0.15) is 8.78 Å². The predicted octanol–water partition coefficient (Wildman–Crippen LogP) is 12.0. The van der Waals surface area contributed by atoms with Gasteiger partial charge in [0, 0.05) is 16.7 Å². The van der Waals surface area contributed by atoms with Crippen LogP contribution in [0.25, 0.3) is 33.4 Å². The predicted molar refractivity (Wildman–Crippen MR) is 162 cm³/mol. The van der Waals surface area contributed by atoms with Gasteiger partial charge in [0.1, 0.15) is 34.6 Å². The lowest BCUT2D eigenvalue weighted by atomic mass is 9.96. The molecule has 0 radical (unpaired) electrons. The summed E-state index contributed by atoms with van der Waals surface area (Å²) < 4.78 is 120. The SMILES string of the molecule is CCCCCc1ccc(-c2ccc(-c3ccc(-c4cc(F)c(C(F)(F)Oc5ccc(C(F)F)cc5)c(F)c4)c(F)c3)c(F)c2)cc1. The van der Waals surface area contributed by atoms with Crippen LogP contribution in [0.5, 0.6) is 5.75 Å². The number of hydrogen-bond acceptors (Lipinski definition) is 1. The van der Waals surface area contributed by atoms with Gasteiger partial charge < -0.3 is 4.74 Å². The highest BCUT2D eigenvalue weighted by atomic mass is 19.3. The first-order chi connectivity index (χ1) is 22.0. The standard InChI is InChI=1S/C37H28F8O/c1-2-3-4-5-22-6-8-23(9-7-22)25-12-16-29(31(38)18-25)26-13-17-30(32(39)19-26)27-20-33(40)35(34(41)21-27)37(44,45)46-28-14-10-24(11-15-28)36(42)43/h6-21,36H,2-5H2,1H3. The zero-order chi connectivity index (χ0) is 33.0. The van der Waals surface area contributed by atoms with E-state index in [1.807, 2.05) is 24.3 Å². The Balaban J connectivity index is 1.35. The number of alkyl halides is 4. The molecule has 9 heteroatoms. The minimum atomic E-state index is -4.53. The summed E-state index contributed by atoms with van der Waals surface area (Å²) in [7, 11) is 0. The second kappa shape index (κ2) is 13.8. The van der Waals surface area contributed by atoms with Gasteiger partial charge in [0.05, 0.1) is 0 Å². The summed E-state index contributed by atoms with van der Waals surface area (Å²) >= 11 is 0. The van der Waals surface area contributed by atoms with Crippen molar-refractivity contribution in [3.8, 4) is 39.1 Å². The van der Waals surface area contributed by atoms with Gasteiger partial charge >= 0.3 is 6.11 Å². The molecule has 0 atom stereocenters. The molecule has 0 aliphatic rings. The molecule has 1 nitrogen and oxygen atoms in total. The summed E-state index contributed by atoms with van der Waals surface area (Å²) in [6.45, 7) is 2.14. The minimum Gasteiger partial charge on any atom is -0.429 e. The first-order valence-corrected chi connectivity index (χ1v) is 14.6. The Morgan fingerprint density at radius 3 is 1.67 bits per heavy atom. The van der Waals surface area contributed by atoms with Gasteiger partial charge in [0.15, 0.2) is 0 Å². The molecule has 238 valence electrons. The van der Waals surface area contributed by atoms with Crippen molar-refractivity contribution in [1.29, 1.82) is 0 Å². The summed E-state index contributed by atoms with van der Waals surface area (Å²) in [6, 6.07) is 20.3. The van der Waals surface area contributed by atoms with Crippen LogP contribution < -0.4 is 4.74 Å². The first-order valence-electron chi connectivity index (χ1n) is 14.6. The van der Waals surface area contributed by atoms with Crippen molar-refractivity contribution in [3.05, 3.63) is 137 Å². The number of unbranched alkanes of at least 4 members (excludes halogenated alkanes) is 2. The molecule has 0 saturated heterocycles. The number of rotatable bonds is 11. The Kier molecular flexibility index (Phi) is 9.79. The van der Waals surface area contributed by atoms with Gasteiger partial charge in [-0.25, -0.2) is 26.3 Å². The van der Waals surface area contributed by atoms with Gasteiger partial charge in [0.2, 0.25) is 0 Å². The van der Waals surface area contributed by atoms with Crippen LogP contribution in [0, 0.1) is 23.3 Å². The summed E-state index contributed by atoms with van der Waals surface area (Å²) in [5.74, 6) is -5.61. The van der Waals surface area contributed by atoms with E-state index in [2.05, 4.69) is 11.7 Å². The fourth-order valence-electron chi connectivity index (χ4n) is 5.18. The van der Waals surface area contributed by atoms with E-state index in [9.17, 15) is 26.3 Å². The topological polar surface area (TPSA) is 9.23 Å². The van der Waals surface area contributed by atoms with Crippen molar-refractivity contribution < 1.29 is 39.9 Å². The average molecular weight is 641 g/mol. The van der Waals surface area contributed by atoms with E-state index in [1.165, 1.54) is 29.8 Å². The van der Waals surface area contributed by atoms with E-state index in [0.29, 0.717) is 17.7 Å². The van der Waals surface area contributed by atoms with Crippen molar-refractivity contribution in [2.24, 2.45) is 0 Å². The lowest BCUT2D eigenvalue weighted by molar-refractivity contribution is -0.189. The largest absolute Gasteiger partial charge is 0.432 e. The Morgan fingerprint density at radius 2 is 1.11 bits per heavy atom. The molecule has 46 heavy (non-hydrogen) atoms. The number of ether oxygens (including phenoxy) is 1. The molecule has 0 spiro atoms. The second-order valence-electron chi connectivity index (χ2n) is 10.8. The number of aryl methyl sites for hydroxylation is 1. The molecule has 5 aromatic rings. The van der Waals surface area contributed by atoms with Crippen molar-refractivity contribution in [2.75, 3.05) is 0 Å². The average Bonchev–Trinajstić information content (AvgIpc) is 3.01. The maximum Gasteiger partial charge on any atom is 0.432 e. The van der Waals surface area contributed by atoms with Gasteiger partial charge in [-0.1, -0.05) is 68.3 Å². The number of benzene rings is 5. The van der Waals surface area contributed by atoms with Crippen LogP contribution in [0.15, 0.2) is 97.1 Å². The molecule has 5 rings (SSSR count). The maximum absolute atomic E-state index is 15.2. The third kappa shape index (κ3) is 7.25. The fraction of sp³-hybridized carbons (Fsp3) is 0.189. The molecule has 0 fully saturated rings. The van der Waals surface area contributed by atoms with Gasteiger partial charge in [-0.3, -0.25) is 0 Å². The van der Waals surface area contributed by atoms with Crippen molar-refractivity contribution in [1.82, 2.24) is 0 Å². The lowest BCUT2D eigenvalue weighted by Crippen LogP contribution is -2.25. The van der Waals surface area contributed by atoms with Crippen molar-refractivity contribution in [2.45, 2.75) is 45.1 Å². The summed E-state index contributed by atoms with van der Waals surface area (Å²) in [5.41, 5.74) is 0.0208. The zero-order valence-electron chi connectivity index (χ0n) is 24.6. The molecule has 0 N–H and O–H groups in total. The van der Waals surface area contributed by atoms with E-state index < -0.39 is 52.7 Å². The molecule has 0 amide bonds. The molecule has 0 bridgehead atoms. The van der Waals surface area contributed by atoms with Crippen LogP contribution in [-0.2, 0) is 12.5 Å². The smallest absolute Gasteiger partial charge is 0.429 e. The van der Waals surface area contributed by atoms with Crippen LogP contribution in [-0.4, -0.2) is 0 Å². The molecule has 0 saturated carbocycles. The lowest BCUT2D eigenvalue weighted by Gasteiger charge is -2.20. The Labute approximate surface area is 261 Å². The monoisotopic (exact) mass is 640 g/mol. The van der Waals surface area contributed by atoms with Gasteiger partial charge in [-0.05, 0) is 89.2 Å². The van der Waals surface area contributed by atoms with Crippen molar-refractivity contribution in [3.63, 3.8) is 0 Å². The molecule has 0 aliphatic carbocycles. The van der Waals surface area contributed by atoms with Gasteiger partial charge in [0.25, 0.3) is 6.43 Å².